The molecule has 0 unspecified atom stereocenters. The third kappa shape index (κ3) is 3.70. The highest BCUT2D eigenvalue weighted by atomic mass is 15.2. The summed E-state index contributed by atoms with van der Waals surface area (Å²) in [5.41, 5.74) is 7.98. The van der Waals surface area contributed by atoms with E-state index < -0.39 is 0 Å². The van der Waals surface area contributed by atoms with Gasteiger partial charge >= 0.3 is 0 Å². The van der Waals surface area contributed by atoms with Gasteiger partial charge in [0, 0.05) is 25.8 Å². The van der Waals surface area contributed by atoms with Crippen LogP contribution in [0, 0.1) is 12.8 Å². The monoisotopic (exact) mass is 249 g/mol. The molecule has 1 aromatic rings. The average molecular weight is 249 g/mol. The molecule has 102 valence electrons. The van der Waals surface area contributed by atoms with Crippen molar-refractivity contribution in [2.45, 2.75) is 47.1 Å². The van der Waals surface area contributed by atoms with Gasteiger partial charge in [-0.1, -0.05) is 26.7 Å². The maximum atomic E-state index is 5.65. The Kier molecular flexibility index (Phi) is 6.13. The van der Waals surface area contributed by atoms with E-state index in [2.05, 4.69) is 43.6 Å². The maximum absolute atomic E-state index is 5.65. The Morgan fingerprint density at radius 2 is 1.94 bits per heavy atom. The van der Waals surface area contributed by atoms with Crippen molar-refractivity contribution in [1.82, 2.24) is 4.98 Å². The van der Waals surface area contributed by atoms with E-state index in [0.717, 1.165) is 30.4 Å². The van der Waals surface area contributed by atoms with E-state index in [9.17, 15) is 0 Å². The minimum atomic E-state index is 0.562. The fourth-order valence-corrected chi connectivity index (χ4v) is 2.29. The SMILES string of the molecule is CCC(CC)CN(CC)c1ncc(CN)cc1C. The van der Waals surface area contributed by atoms with Crippen LogP contribution in [0.15, 0.2) is 12.3 Å². The molecule has 1 rings (SSSR count). The van der Waals surface area contributed by atoms with E-state index in [4.69, 9.17) is 5.73 Å². The normalized spacial score (nSPS) is 11.0. The van der Waals surface area contributed by atoms with Crippen molar-refractivity contribution >= 4 is 5.82 Å². The number of aromatic nitrogens is 1. The first-order valence-corrected chi connectivity index (χ1v) is 7.06. The summed E-state index contributed by atoms with van der Waals surface area (Å²) >= 11 is 0. The first-order chi connectivity index (χ1) is 8.65. The Hall–Kier alpha value is -1.09. The zero-order chi connectivity index (χ0) is 13.5. The van der Waals surface area contributed by atoms with Crippen molar-refractivity contribution in [2.24, 2.45) is 11.7 Å². The summed E-state index contributed by atoms with van der Waals surface area (Å²) in [6.45, 7) is 11.5. The first kappa shape index (κ1) is 15.0. The fourth-order valence-electron chi connectivity index (χ4n) is 2.29. The van der Waals surface area contributed by atoms with Crippen molar-refractivity contribution in [3.05, 3.63) is 23.4 Å². The Labute approximate surface area is 111 Å². The molecule has 0 spiro atoms. The van der Waals surface area contributed by atoms with Crippen molar-refractivity contribution in [2.75, 3.05) is 18.0 Å². The van der Waals surface area contributed by atoms with Crippen molar-refractivity contribution in [3.63, 3.8) is 0 Å². The van der Waals surface area contributed by atoms with Crippen LogP contribution in [0.2, 0.25) is 0 Å². The number of nitrogens with zero attached hydrogens (tertiary/aromatic N) is 2. The number of anilines is 1. The number of rotatable bonds is 7. The zero-order valence-electron chi connectivity index (χ0n) is 12.2. The smallest absolute Gasteiger partial charge is 0.131 e. The summed E-state index contributed by atoms with van der Waals surface area (Å²) in [7, 11) is 0. The molecular weight excluding hydrogens is 222 g/mol. The highest BCUT2D eigenvalue weighted by Gasteiger charge is 2.13. The van der Waals surface area contributed by atoms with Crippen LogP contribution >= 0.6 is 0 Å². The van der Waals surface area contributed by atoms with Crippen molar-refractivity contribution < 1.29 is 0 Å². The van der Waals surface area contributed by atoms with E-state index in [1.807, 2.05) is 6.20 Å². The highest BCUT2D eigenvalue weighted by molar-refractivity contribution is 5.47. The highest BCUT2D eigenvalue weighted by Crippen LogP contribution is 2.20. The first-order valence-electron chi connectivity index (χ1n) is 7.06. The Bertz CT molecular complexity index is 359. The van der Waals surface area contributed by atoms with Gasteiger partial charge in [0.05, 0.1) is 0 Å². The molecule has 0 radical (unpaired) electrons. The minimum Gasteiger partial charge on any atom is -0.356 e. The topological polar surface area (TPSA) is 42.2 Å². The molecule has 0 aliphatic rings. The zero-order valence-corrected chi connectivity index (χ0v) is 12.2. The molecule has 3 nitrogen and oxygen atoms in total. The summed E-state index contributed by atoms with van der Waals surface area (Å²) in [6, 6.07) is 2.15. The number of nitrogens with two attached hydrogens (primary N) is 1. The standard InChI is InChI=1S/C15H27N3/c1-5-13(6-2)11-18(7-3)15-12(4)8-14(9-16)10-17-15/h8,10,13H,5-7,9,11,16H2,1-4H3. The largest absolute Gasteiger partial charge is 0.356 e. The molecule has 0 aliphatic carbocycles. The predicted octanol–water partition coefficient (Wildman–Crippen LogP) is 3.11. The lowest BCUT2D eigenvalue weighted by Gasteiger charge is -2.27. The van der Waals surface area contributed by atoms with Gasteiger partial charge in [0.15, 0.2) is 0 Å². The lowest BCUT2D eigenvalue weighted by Crippen LogP contribution is -2.30. The van der Waals surface area contributed by atoms with Crippen LogP contribution < -0.4 is 10.6 Å². The van der Waals surface area contributed by atoms with Crippen LogP contribution in [0.3, 0.4) is 0 Å². The summed E-state index contributed by atoms with van der Waals surface area (Å²) < 4.78 is 0. The van der Waals surface area contributed by atoms with Crippen LogP contribution in [-0.2, 0) is 6.54 Å². The molecule has 18 heavy (non-hydrogen) atoms. The second kappa shape index (κ2) is 7.37. The molecule has 0 fully saturated rings. The number of hydrogen-bond acceptors (Lipinski definition) is 3. The van der Waals surface area contributed by atoms with Gasteiger partial charge < -0.3 is 10.6 Å². The minimum absolute atomic E-state index is 0.562. The molecule has 2 N–H and O–H groups in total. The second-order valence-electron chi connectivity index (χ2n) is 4.91. The Morgan fingerprint density at radius 3 is 2.39 bits per heavy atom. The molecule has 0 bridgehead atoms. The fraction of sp³-hybridized carbons (Fsp3) is 0.667. The third-order valence-corrected chi connectivity index (χ3v) is 3.66. The third-order valence-electron chi connectivity index (χ3n) is 3.66. The quantitative estimate of drug-likeness (QED) is 0.807. The van der Waals surface area contributed by atoms with E-state index in [1.165, 1.54) is 18.4 Å². The van der Waals surface area contributed by atoms with Gasteiger partial charge in [0.2, 0.25) is 0 Å². The second-order valence-corrected chi connectivity index (χ2v) is 4.91. The van der Waals surface area contributed by atoms with Gasteiger partial charge in [-0.15, -0.1) is 0 Å². The lowest BCUT2D eigenvalue weighted by atomic mass is 10.0. The van der Waals surface area contributed by atoms with Gasteiger partial charge in [-0.25, -0.2) is 4.98 Å². The van der Waals surface area contributed by atoms with Crippen LogP contribution in [0.5, 0.6) is 0 Å². The Morgan fingerprint density at radius 1 is 1.28 bits per heavy atom. The predicted molar refractivity (Wildman–Crippen MR) is 78.8 cm³/mol. The molecule has 3 heteroatoms. The molecule has 1 aromatic heterocycles. The van der Waals surface area contributed by atoms with Crippen LogP contribution in [0.1, 0.15) is 44.7 Å². The van der Waals surface area contributed by atoms with E-state index in [-0.39, 0.29) is 0 Å². The molecule has 0 amide bonds. The van der Waals surface area contributed by atoms with Crippen molar-refractivity contribution in [3.8, 4) is 0 Å². The summed E-state index contributed by atoms with van der Waals surface area (Å²) in [6.07, 6.45) is 4.36. The molecule has 0 aliphatic heterocycles. The van der Waals surface area contributed by atoms with Gasteiger partial charge in [0.25, 0.3) is 0 Å². The molecule has 0 atom stereocenters. The molecule has 0 aromatic carbocycles. The molecular formula is C15H27N3. The number of pyridine rings is 1. The molecule has 0 saturated heterocycles. The van der Waals surface area contributed by atoms with E-state index >= 15 is 0 Å². The van der Waals surface area contributed by atoms with Gasteiger partial charge in [0.1, 0.15) is 5.82 Å². The van der Waals surface area contributed by atoms with Gasteiger partial charge in [-0.2, -0.15) is 0 Å². The molecule has 1 heterocycles. The van der Waals surface area contributed by atoms with E-state index in [1.54, 1.807) is 0 Å². The summed E-state index contributed by atoms with van der Waals surface area (Å²) in [4.78, 5) is 6.97. The number of hydrogen-bond donors (Lipinski definition) is 1. The lowest BCUT2D eigenvalue weighted by molar-refractivity contribution is 0.484. The van der Waals surface area contributed by atoms with Gasteiger partial charge in [-0.3, -0.25) is 0 Å². The van der Waals surface area contributed by atoms with Crippen LogP contribution in [0.25, 0.3) is 0 Å². The van der Waals surface area contributed by atoms with Crippen molar-refractivity contribution in [1.29, 1.82) is 0 Å². The van der Waals surface area contributed by atoms with Crippen LogP contribution in [0.4, 0.5) is 5.82 Å². The maximum Gasteiger partial charge on any atom is 0.131 e. The Balaban J connectivity index is 2.87. The number of aryl methyl sites for hydroxylation is 1. The van der Waals surface area contributed by atoms with Gasteiger partial charge in [-0.05, 0) is 37.0 Å². The summed E-state index contributed by atoms with van der Waals surface area (Å²) in [5.74, 6) is 1.86. The molecule has 0 saturated carbocycles. The van der Waals surface area contributed by atoms with Crippen LogP contribution in [-0.4, -0.2) is 18.1 Å². The average Bonchev–Trinajstić information content (AvgIpc) is 2.41. The summed E-state index contributed by atoms with van der Waals surface area (Å²) in [5, 5.41) is 0. The van der Waals surface area contributed by atoms with E-state index in [0.29, 0.717) is 6.54 Å².